The summed E-state index contributed by atoms with van der Waals surface area (Å²) in [5.41, 5.74) is 0.760. The Morgan fingerprint density at radius 1 is 1.39 bits per heavy atom. The SMILES string of the molecule is CCN(CC)C(=O)CNc1ccn2nccc2n1. The number of carbonyl (C=O) groups is 1. The van der Waals surface area contributed by atoms with Crippen LogP contribution in [0.5, 0.6) is 0 Å². The van der Waals surface area contributed by atoms with Crippen LogP contribution < -0.4 is 5.32 Å². The van der Waals surface area contributed by atoms with Gasteiger partial charge in [0.15, 0.2) is 5.65 Å². The van der Waals surface area contributed by atoms with E-state index in [-0.39, 0.29) is 12.5 Å². The maximum absolute atomic E-state index is 11.8. The van der Waals surface area contributed by atoms with Crippen LogP contribution >= 0.6 is 0 Å². The molecule has 1 amide bonds. The number of fused-ring (bicyclic) bond motifs is 1. The summed E-state index contributed by atoms with van der Waals surface area (Å²) in [5, 5.41) is 7.09. The molecule has 0 aliphatic carbocycles. The van der Waals surface area contributed by atoms with Crippen molar-refractivity contribution in [3.05, 3.63) is 24.5 Å². The number of rotatable bonds is 5. The summed E-state index contributed by atoms with van der Waals surface area (Å²) >= 11 is 0. The molecule has 2 heterocycles. The summed E-state index contributed by atoms with van der Waals surface area (Å²) in [6, 6.07) is 3.62. The van der Waals surface area contributed by atoms with Crippen molar-refractivity contribution in [3.63, 3.8) is 0 Å². The fourth-order valence-corrected chi connectivity index (χ4v) is 1.77. The number of hydrogen-bond acceptors (Lipinski definition) is 4. The van der Waals surface area contributed by atoms with E-state index in [1.165, 1.54) is 0 Å². The first-order valence-electron chi connectivity index (χ1n) is 6.06. The van der Waals surface area contributed by atoms with E-state index >= 15 is 0 Å². The summed E-state index contributed by atoms with van der Waals surface area (Å²) < 4.78 is 1.68. The molecule has 0 fully saturated rings. The maximum atomic E-state index is 11.8. The highest BCUT2D eigenvalue weighted by Gasteiger charge is 2.09. The monoisotopic (exact) mass is 247 g/mol. The molecule has 0 radical (unpaired) electrons. The lowest BCUT2D eigenvalue weighted by Crippen LogP contribution is -2.35. The second-order valence-corrected chi connectivity index (χ2v) is 3.87. The van der Waals surface area contributed by atoms with Gasteiger partial charge < -0.3 is 10.2 Å². The highest BCUT2D eigenvalue weighted by molar-refractivity contribution is 5.80. The van der Waals surface area contributed by atoms with Crippen molar-refractivity contribution in [1.29, 1.82) is 0 Å². The summed E-state index contributed by atoms with van der Waals surface area (Å²) in [6.07, 6.45) is 3.50. The predicted molar refractivity (Wildman–Crippen MR) is 69.4 cm³/mol. The van der Waals surface area contributed by atoms with Crippen molar-refractivity contribution < 1.29 is 4.79 Å². The number of anilines is 1. The number of nitrogens with one attached hydrogen (secondary N) is 1. The Bertz CT molecular complexity index is 532. The van der Waals surface area contributed by atoms with E-state index in [4.69, 9.17) is 0 Å². The molecule has 96 valence electrons. The minimum atomic E-state index is 0.0789. The zero-order valence-electron chi connectivity index (χ0n) is 10.6. The van der Waals surface area contributed by atoms with E-state index < -0.39 is 0 Å². The van der Waals surface area contributed by atoms with E-state index in [0.29, 0.717) is 5.82 Å². The summed E-state index contributed by atoms with van der Waals surface area (Å²) in [4.78, 5) is 17.9. The number of carbonyl (C=O) groups excluding carboxylic acids is 1. The van der Waals surface area contributed by atoms with Gasteiger partial charge in [0.25, 0.3) is 0 Å². The van der Waals surface area contributed by atoms with Gasteiger partial charge in [0.1, 0.15) is 5.82 Å². The number of nitrogens with zero attached hydrogens (tertiary/aromatic N) is 4. The molecule has 0 unspecified atom stereocenters. The smallest absolute Gasteiger partial charge is 0.241 e. The fourth-order valence-electron chi connectivity index (χ4n) is 1.77. The van der Waals surface area contributed by atoms with Gasteiger partial charge in [-0.1, -0.05) is 0 Å². The van der Waals surface area contributed by atoms with E-state index in [1.54, 1.807) is 21.7 Å². The largest absolute Gasteiger partial charge is 0.361 e. The fraction of sp³-hybridized carbons (Fsp3) is 0.417. The van der Waals surface area contributed by atoms with Crippen molar-refractivity contribution >= 4 is 17.4 Å². The van der Waals surface area contributed by atoms with Crippen LogP contribution in [0, 0.1) is 0 Å². The van der Waals surface area contributed by atoms with E-state index in [0.717, 1.165) is 18.7 Å². The zero-order chi connectivity index (χ0) is 13.0. The first-order chi connectivity index (χ1) is 8.74. The van der Waals surface area contributed by atoms with Crippen molar-refractivity contribution in [1.82, 2.24) is 19.5 Å². The maximum Gasteiger partial charge on any atom is 0.241 e. The molecule has 2 aromatic heterocycles. The molecular formula is C12H17N5O. The van der Waals surface area contributed by atoms with Gasteiger partial charge in [0, 0.05) is 25.4 Å². The normalized spacial score (nSPS) is 10.6. The number of hydrogen-bond donors (Lipinski definition) is 1. The van der Waals surface area contributed by atoms with Gasteiger partial charge in [0.05, 0.1) is 12.7 Å². The Balaban J connectivity index is 1.99. The summed E-state index contributed by atoms with van der Waals surface area (Å²) in [6.45, 7) is 5.66. The molecule has 0 aromatic carbocycles. The highest BCUT2D eigenvalue weighted by Crippen LogP contribution is 2.05. The molecular weight excluding hydrogens is 230 g/mol. The minimum Gasteiger partial charge on any atom is -0.361 e. The molecule has 2 aromatic rings. The quantitative estimate of drug-likeness (QED) is 0.856. The summed E-state index contributed by atoms with van der Waals surface area (Å²) in [7, 11) is 0. The van der Waals surface area contributed by atoms with E-state index in [9.17, 15) is 4.79 Å². The molecule has 0 atom stereocenters. The minimum absolute atomic E-state index is 0.0789. The van der Waals surface area contributed by atoms with Gasteiger partial charge in [0.2, 0.25) is 5.91 Å². The van der Waals surface area contributed by atoms with Gasteiger partial charge in [-0.05, 0) is 19.9 Å². The number of likely N-dealkylation sites (N-methyl/N-ethyl adjacent to an activating group) is 1. The highest BCUT2D eigenvalue weighted by atomic mass is 16.2. The molecule has 1 N–H and O–H groups in total. The third-order valence-electron chi connectivity index (χ3n) is 2.79. The lowest BCUT2D eigenvalue weighted by Gasteiger charge is -2.18. The van der Waals surface area contributed by atoms with Crippen molar-refractivity contribution in [2.45, 2.75) is 13.8 Å². The molecule has 0 spiro atoms. The Hall–Kier alpha value is -2.11. The van der Waals surface area contributed by atoms with E-state index in [2.05, 4.69) is 15.4 Å². The number of amides is 1. The molecule has 6 nitrogen and oxygen atoms in total. The third kappa shape index (κ3) is 2.58. The van der Waals surface area contributed by atoms with Gasteiger partial charge in [-0.15, -0.1) is 0 Å². The molecule has 18 heavy (non-hydrogen) atoms. The van der Waals surface area contributed by atoms with Crippen LogP contribution in [0.3, 0.4) is 0 Å². The Morgan fingerprint density at radius 2 is 2.17 bits per heavy atom. The summed E-state index contributed by atoms with van der Waals surface area (Å²) in [5.74, 6) is 0.763. The van der Waals surface area contributed by atoms with Crippen LogP contribution in [0.4, 0.5) is 5.82 Å². The molecule has 0 bridgehead atoms. The average molecular weight is 247 g/mol. The predicted octanol–water partition coefficient (Wildman–Crippen LogP) is 1.01. The lowest BCUT2D eigenvalue weighted by atomic mass is 10.4. The average Bonchev–Trinajstić information content (AvgIpc) is 2.85. The second-order valence-electron chi connectivity index (χ2n) is 3.87. The molecule has 2 rings (SSSR count). The topological polar surface area (TPSA) is 62.5 Å². The Labute approximate surface area is 106 Å². The van der Waals surface area contributed by atoms with Crippen LogP contribution in [0.25, 0.3) is 5.65 Å². The van der Waals surface area contributed by atoms with Crippen molar-refractivity contribution in [2.75, 3.05) is 25.0 Å². The zero-order valence-corrected chi connectivity index (χ0v) is 10.6. The second kappa shape index (κ2) is 5.48. The number of aromatic nitrogens is 3. The van der Waals surface area contributed by atoms with Crippen LogP contribution in [-0.2, 0) is 4.79 Å². The Morgan fingerprint density at radius 3 is 2.89 bits per heavy atom. The molecule has 0 aliphatic heterocycles. The Kier molecular flexibility index (Phi) is 3.76. The molecule has 6 heteroatoms. The lowest BCUT2D eigenvalue weighted by molar-refractivity contribution is -0.128. The van der Waals surface area contributed by atoms with Gasteiger partial charge in [-0.2, -0.15) is 5.10 Å². The van der Waals surface area contributed by atoms with Crippen LogP contribution in [0.2, 0.25) is 0 Å². The standard InChI is InChI=1S/C12H17N5O/c1-3-16(4-2)12(18)9-13-10-6-8-17-11(15-10)5-7-14-17/h5-8H,3-4,9H2,1-2H3,(H,13,15). The van der Waals surface area contributed by atoms with Crippen LogP contribution in [0.1, 0.15) is 13.8 Å². The van der Waals surface area contributed by atoms with Crippen molar-refractivity contribution in [3.8, 4) is 0 Å². The van der Waals surface area contributed by atoms with Crippen LogP contribution in [0.15, 0.2) is 24.5 Å². The molecule has 0 aliphatic rings. The first-order valence-corrected chi connectivity index (χ1v) is 6.06. The van der Waals surface area contributed by atoms with Gasteiger partial charge in [-0.25, -0.2) is 9.50 Å². The molecule has 0 saturated heterocycles. The van der Waals surface area contributed by atoms with E-state index in [1.807, 2.05) is 26.1 Å². The first kappa shape index (κ1) is 12.3. The van der Waals surface area contributed by atoms with Gasteiger partial charge in [-0.3, -0.25) is 4.79 Å². The van der Waals surface area contributed by atoms with Crippen molar-refractivity contribution in [2.24, 2.45) is 0 Å². The molecule has 0 saturated carbocycles. The van der Waals surface area contributed by atoms with Crippen LogP contribution in [-0.4, -0.2) is 45.0 Å². The van der Waals surface area contributed by atoms with Gasteiger partial charge >= 0.3 is 0 Å². The third-order valence-corrected chi connectivity index (χ3v) is 2.79.